The van der Waals surface area contributed by atoms with Crippen LogP contribution in [0.2, 0.25) is 5.02 Å². The van der Waals surface area contributed by atoms with E-state index in [0.717, 1.165) is 18.2 Å². The van der Waals surface area contributed by atoms with E-state index in [4.69, 9.17) is 11.6 Å². The van der Waals surface area contributed by atoms with E-state index in [1.807, 2.05) is 0 Å². The standard InChI is InChI=1S/C15H11ClFN3O3S2/c1-8(21)18-15-19-13-5-2-9(6-14(13)24-15)20-25(22,23)10-3-4-12(17)11(16)7-10/h2-7,20H,1H3,(H,18,19,21). The van der Waals surface area contributed by atoms with Crippen molar-refractivity contribution < 1.29 is 17.6 Å². The molecule has 0 unspecified atom stereocenters. The molecule has 1 aromatic heterocycles. The summed E-state index contributed by atoms with van der Waals surface area (Å²) in [6, 6.07) is 7.93. The Kier molecular flexibility index (Phi) is 4.63. The van der Waals surface area contributed by atoms with Gasteiger partial charge in [-0.2, -0.15) is 0 Å². The molecule has 3 aromatic rings. The minimum atomic E-state index is -3.92. The van der Waals surface area contributed by atoms with Crippen molar-refractivity contribution in [3.63, 3.8) is 0 Å². The molecule has 0 saturated carbocycles. The van der Waals surface area contributed by atoms with Gasteiger partial charge < -0.3 is 5.32 Å². The molecule has 3 rings (SSSR count). The SMILES string of the molecule is CC(=O)Nc1nc2ccc(NS(=O)(=O)c3ccc(F)c(Cl)c3)cc2s1. The summed E-state index contributed by atoms with van der Waals surface area (Å²) in [5.41, 5.74) is 0.937. The maximum absolute atomic E-state index is 13.2. The number of carbonyl (C=O) groups excluding carboxylic acids is 1. The van der Waals surface area contributed by atoms with Gasteiger partial charge in [0, 0.05) is 6.92 Å². The Balaban J connectivity index is 1.90. The van der Waals surface area contributed by atoms with E-state index in [1.165, 1.54) is 18.3 Å². The number of hydrogen-bond donors (Lipinski definition) is 2. The van der Waals surface area contributed by atoms with Crippen LogP contribution in [-0.2, 0) is 14.8 Å². The van der Waals surface area contributed by atoms with Gasteiger partial charge in [0.1, 0.15) is 5.82 Å². The summed E-state index contributed by atoms with van der Waals surface area (Å²) in [4.78, 5) is 15.1. The number of nitrogens with one attached hydrogen (secondary N) is 2. The van der Waals surface area contributed by atoms with Crippen molar-refractivity contribution in [2.75, 3.05) is 10.0 Å². The van der Waals surface area contributed by atoms with Gasteiger partial charge in [0.15, 0.2) is 5.13 Å². The lowest BCUT2D eigenvalue weighted by Crippen LogP contribution is -2.13. The highest BCUT2D eigenvalue weighted by Crippen LogP contribution is 2.29. The minimum Gasteiger partial charge on any atom is -0.302 e. The van der Waals surface area contributed by atoms with Crippen LogP contribution in [0.3, 0.4) is 0 Å². The molecule has 0 aliphatic rings. The number of benzene rings is 2. The summed E-state index contributed by atoms with van der Waals surface area (Å²) in [7, 11) is -3.92. The predicted octanol–water partition coefficient (Wildman–Crippen LogP) is 3.85. The third-order valence-corrected chi connectivity index (χ3v) is 5.73. The van der Waals surface area contributed by atoms with Gasteiger partial charge >= 0.3 is 0 Å². The number of sulfonamides is 1. The number of anilines is 2. The summed E-state index contributed by atoms with van der Waals surface area (Å²) >= 11 is 6.85. The first-order chi connectivity index (χ1) is 11.7. The average Bonchev–Trinajstić information content (AvgIpc) is 2.90. The summed E-state index contributed by atoms with van der Waals surface area (Å²) in [6.45, 7) is 1.37. The Hall–Kier alpha value is -2.23. The van der Waals surface area contributed by atoms with Crippen molar-refractivity contribution in [3.05, 3.63) is 47.2 Å². The molecule has 1 amide bonds. The molecule has 25 heavy (non-hydrogen) atoms. The number of fused-ring (bicyclic) bond motifs is 1. The van der Waals surface area contributed by atoms with Gasteiger partial charge in [-0.1, -0.05) is 22.9 Å². The molecule has 0 fully saturated rings. The van der Waals surface area contributed by atoms with Gasteiger partial charge in [0.05, 0.1) is 25.8 Å². The van der Waals surface area contributed by atoms with Crippen LogP contribution in [-0.4, -0.2) is 19.3 Å². The molecule has 0 aliphatic carbocycles. The summed E-state index contributed by atoms with van der Waals surface area (Å²) < 4.78 is 41.1. The first-order valence-electron chi connectivity index (χ1n) is 6.91. The lowest BCUT2D eigenvalue weighted by Gasteiger charge is -2.08. The second kappa shape index (κ2) is 6.58. The van der Waals surface area contributed by atoms with E-state index in [1.54, 1.807) is 18.2 Å². The highest BCUT2D eigenvalue weighted by atomic mass is 35.5. The molecule has 2 N–H and O–H groups in total. The maximum Gasteiger partial charge on any atom is 0.261 e. The molecule has 1 heterocycles. The zero-order valence-electron chi connectivity index (χ0n) is 12.7. The fraction of sp³-hybridized carbons (Fsp3) is 0.0667. The van der Waals surface area contributed by atoms with E-state index in [-0.39, 0.29) is 15.8 Å². The monoisotopic (exact) mass is 399 g/mol. The van der Waals surface area contributed by atoms with Gasteiger partial charge in [-0.05, 0) is 36.4 Å². The molecular weight excluding hydrogens is 389 g/mol. The molecule has 0 aliphatic heterocycles. The normalized spacial score (nSPS) is 11.5. The zero-order valence-corrected chi connectivity index (χ0v) is 15.1. The molecule has 0 spiro atoms. The van der Waals surface area contributed by atoms with Gasteiger partial charge in [-0.3, -0.25) is 9.52 Å². The van der Waals surface area contributed by atoms with Crippen LogP contribution in [0, 0.1) is 5.82 Å². The Labute approximate surface area is 151 Å². The number of hydrogen-bond acceptors (Lipinski definition) is 5. The first kappa shape index (κ1) is 17.6. The predicted molar refractivity (Wildman–Crippen MR) is 96.1 cm³/mol. The molecule has 0 bridgehead atoms. The smallest absolute Gasteiger partial charge is 0.261 e. The molecule has 6 nitrogen and oxygen atoms in total. The highest BCUT2D eigenvalue weighted by Gasteiger charge is 2.17. The molecule has 10 heteroatoms. The molecule has 0 atom stereocenters. The number of aromatic nitrogens is 1. The maximum atomic E-state index is 13.2. The fourth-order valence-electron chi connectivity index (χ4n) is 2.05. The summed E-state index contributed by atoms with van der Waals surface area (Å²) in [5.74, 6) is -0.939. The van der Waals surface area contributed by atoms with E-state index < -0.39 is 15.8 Å². The lowest BCUT2D eigenvalue weighted by atomic mass is 10.3. The minimum absolute atomic E-state index is 0.151. The number of halogens is 2. The molecule has 2 aromatic carbocycles. The van der Waals surface area contributed by atoms with E-state index in [0.29, 0.717) is 21.0 Å². The van der Waals surface area contributed by atoms with Crippen LogP contribution in [0.15, 0.2) is 41.3 Å². The molecular formula is C15H11ClFN3O3S2. The van der Waals surface area contributed by atoms with Crippen LogP contribution < -0.4 is 10.0 Å². The largest absolute Gasteiger partial charge is 0.302 e. The van der Waals surface area contributed by atoms with E-state index >= 15 is 0 Å². The Morgan fingerprint density at radius 1 is 1.24 bits per heavy atom. The summed E-state index contributed by atoms with van der Waals surface area (Å²) in [5, 5.41) is 2.73. The van der Waals surface area contributed by atoms with Crippen LogP contribution >= 0.6 is 22.9 Å². The fourth-order valence-corrected chi connectivity index (χ4v) is 4.32. The highest BCUT2D eigenvalue weighted by molar-refractivity contribution is 7.92. The zero-order chi connectivity index (χ0) is 18.2. The number of thiazole rings is 1. The average molecular weight is 400 g/mol. The van der Waals surface area contributed by atoms with Gasteiger partial charge in [0.2, 0.25) is 5.91 Å². The molecule has 0 radical (unpaired) electrons. The quantitative estimate of drug-likeness (QED) is 0.697. The number of amides is 1. The van der Waals surface area contributed by atoms with Gasteiger partial charge in [-0.25, -0.2) is 17.8 Å². The van der Waals surface area contributed by atoms with Crippen molar-refractivity contribution >= 4 is 59.9 Å². The number of rotatable bonds is 4. The first-order valence-corrected chi connectivity index (χ1v) is 9.58. The van der Waals surface area contributed by atoms with E-state index in [2.05, 4.69) is 15.0 Å². The third-order valence-electron chi connectivity index (χ3n) is 3.12. The van der Waals surface area contributed by atoms with Crippen molar-refractivity contribution in [2.45, 2.75) is 11.8 Å². The van der Waals surface area contributed by atoms with Crippen LogP contribution in [0.5, 0.6) is 0 Å². The second-order valence-corrected chi connectivity index (χ2v) is 8.18. The van der Waals surface area contributed by atoms with Crippen molar-refractivity contribution in [2.24, 2.45) is 0 Å². The molecule has 130 valence electrons. The second-order valence-electron chi connectivity index (χ2n) is 5.06. The van der Waals surface area contributed by atoms with Crippen LogP contribution in [0.4, 0.5) is 15.2 Å². The Morgan fingerprint density at radius 3 is 2.68 bits per heavy atom. The van der Waals surface area contributed by atoms with Gasteiger partial charge in [-0.15, -0.1) is 0 Å². The lowest BCUT2D eigenvalue weighted by molar-refractivity contribution is -0.114. The van der Waals surface area contributed by atoms with Gasteiger partial charge in [0.25, 0.3) is 10.0 Å². The number of carbonyl (C=O) groups is 1. The van der Waals surface area contributed by atoms with Crippen molar-refractivity contribution in [1.82, 2.24) is 4.98 Å². The van der Waals surface area contributed by atoms with Crippen molar-refractivity contribution in [3.8, 4) is 0 Å². The summed E-state index contributed by atoms with van der Waals surface area (Å²) in [6.07, 6.45) is 0. The van der Waals surface area contributed by atoms with Crippen LogP contribution in [0.1, 0.15) is 6.92 Å². The van der Waals surface area contributed by atoms with Crippen molar-refractivity contribution in [1.29, 1.82) is 0 Å². The topological polar surface area (TPSA) is 88.2 Å². The van der Waals surface area contributed by atoms with E-state index in [9.17, 15) is 17.6 Å². The Morgan fingerprint density at radius 2 is 2.00 bits per heavy atom. The molecule has 0 saturated heterocycles. The Bertz CT molecular complexity index is 1080. The number of nitrogens with zero attached hydrogens (tertiary/aromatic N) is 1. The van der Waals surface area contributed by atoms with Crippen LogP contribution in [0.25, 0.3) is 10.2 Å². The third kappa shape index (κ3) is 3.89.